The minimum Gasteiger partial charge on any atom is -0.462 e. The molecule has 0 aromatic carbocycles. The third kappa shape index (κ3) is 45.5. The molecule has 0 aromatic rings. The predicted octanol–water partition coefficient (Wildman–Crippen LogP) is 16.5. The fraction of sp³-hybridized carbons (Fsp3) is 0.942. The third-order valence-corrected chi connectivity index (χ3v) is 11.7. The van der Waals surface area contributed by atoms with Gasteiger partial charge in [0.25, 0.3) is 0 Å². The van der Waals surface area contributed by atoms with Gasteiger partial charge in [0.2, 0.25) is 0 Å². The van der Waals surface area contributed by atoms with Crippen molar-refractivity contribution in [2.45, 2.75) is 291 Å². The van der Waals surface area contributed by atoms with Crippen LogP contribution in [0.3, 0.4) is 0 Å². The molecular formula is C52H100O6. The lowest BCUT2D eigenvalue weighted by Crippen LogP contribution is -2.30. The summed E-state index contributed by atoms with van der Waals surface area (Å²) in [5, 5.41) is 0. The number of esters is 3. The summed E-state index contributed by atoms with van der Waals surface area (Å²) in [4.78, 5) is 37.9. The molecule has 0 N–H and O–H groups in total. The predicted molar refractivity (Wildman–Crippen MR) is 247 cm³/mol. The zero-order chi connectivity index (χ0) is 42.6. The Morgan fingerprint density at radius 2 is 0.569 bits per heavy atom. The molecule has 0 saturated heterocycles. The van der Waals surface area contributed by atoms with Crippen LogP contribution in [0.1, 0.15) is 285 Å². The molecule has 58 heavy (non-hydrogen) atoms. The molecule has 6 nitrogen and oxygen atoms in total. The standard InChI is InChI=1S/C52H100O6/c1-6-7-8-9-10-11-16-22-27-32-37-42-50(53)56-45-49(58-52(55)44-39-34-29-24-19-21-26-31-36-41-48(4)5)46-57-51(54)43-38-33-28-23-18-15-13-12-14-17-20-25-30-35-40-47(2)3/h47-49H,6-46H2,1-5H3/t49-/m1/s1. The average molecular weight is 821 g/mol. The van der Waals surface area contributed by atoms with E-state index >= 15 is 0 Å². The Balaban J connectivity index is 4.28. The summed E-state index contributed by atoms with van der Waals surface area (Å²) in [6.07, 6.45) is 45.2. The summed E-state index contributed by atoms with van der Waals surface area (Å²) in [5.41, 5.74) is 0. The number of ether oxygens (including phenoxy) is 3. The largest absolute Gasteiger partial charge is 0.462 e. The van der Waals surface area contributed by atoms with Crippen LogP contribution >= 0.6 is 0 Å². The fourth-order valence-corrected chi connectivity index (χ4v) is 7.81. The first-order valence-corrected chi connectivity index (χ1v) is 25.7. The monoisotopic (exact) mass is 821 g/mol. The quantitative estimate of drug-likeness (QED) is 0.0346. The van der Waals surface area contributed by atoms with Crippen LogP contribution < -0.4 is 0 Å². The van der Waals surface area contributed by atoms with E-state index in [4.69, 9.17) is 14.2 Å². The zero-order valence-corrected chi connectivity index (χ0v) is 39.7. The van der Waals surface area contributed by atoms with Crippen LogP contribution in [0.2, 0.25) is 0 Å². The van der Waals surface area contributed by atoms with Crippen LogP contribution in [-0.4, -0.2) is 37.2 Å². The molecule has 0 saturated carbocycles. The smallest absolute Gasteiger partial charge is 0.306 e. The van der Waals surface area contributed by atoms with Gasteiger partial charge < -0.3 is 14.2 Å². The van der Waals surface area contributed by atoms with Gasteiger partial charge in [0.15, 0.2) is 6.10 Å². The maximum absolute atomic E-state index is 12.8. The molecule has 0 heterocycles. The van der Waals surface area contributed by atoms with E-state index in [1.165, 1.54) is 173 Å². The minimum atomic E-state index is -0.761. The Morgan fingerprint density at radius 3 is 0.845 bits per heavy atom. The highest BCUT2D eigenvalue weighted by Crippen LogP contribution is 2.17. The molecular weight excluding hydrogens is 721 g/mol. The lowest BCUT2D eigenvalue weighted by molar-refractivity contribution is -0.167. The molecule has 0 fully saturated rings. The summed E-state index contributed by atoms with van der Waals surface area (Å²) in [5.74, 6) is 0.801. The van der Waals surface area contributed by atoms with Crippen LogP contribution in [0.5, 0.6) is 0 Å². The van der Waals surface area contributed by atoms with E-state index in [0.717, 1.165) is 69.6 Å². The molecule has 0 unspecified atom stereocenters. The summed E-state index contributed by atoms with van der Waals surface area (Å²) in [6, 6.07) is 0. The van der Waals surface area contributed by atoms with Gasteiger partial charge >= 0.3 is 17.9 Å². The Bertz CT molecular complexity index is 885. The maximum atomic E-state index is 12.8. The van der Waals surface area contributed by atoms with Crippen molar-refractivity contribution in [3.63, 3.8) is 0 Å². The molecule has 0 amide bonds. The highest BCUT2D eigenvalue weighted by Gasteiger charge is 2.19. The first-order valence-electron chi connectivity index (χ1n) is 25.7. The van der Waals surface area contributed by atoms with Crippen LogP contribution in [0.15, 0.2) is 0 Å². The number of unbranched alkanes of at least 4 members (excludes halogenated alkanes) is 31. The van der Waals surface area contributed by atoms with Gasteiger partial charge in [-0.2, -0.15) is 0 Å². The van der Waals surface area contributed by atoms with Crippen molar-refractivity contribution in [3.05, 3.63) is 0 Å². The van der Waals surface area contributed by atoms with Gasteiger partial charge in [0.05, 0.1) is 0 Å². The topological polar surface area (TPSA) is 78.9 Å². The minimum absolute atomic E-state index is 0.0639. The van der Waals surface area contributed by atoms with Gasteiger partial charge in [-0.25, -0.2) is 0 Å². The van der Waals surface area contributed by atoms with E-state index in [-0.39, 0.29) is 31.1 Å². The first kappa shape index (κ1) is 56.4. The Morgan fingerprint density at radius 1 is 0.328 bits per heavy atom. The highest BCUT2D eigenvalue weighted by atomic mass is 16.6. The maximum Gasteiger partial charge on any atom is 0.306 e. The van der Waals surface area contributed by atoms with E-state index in [0.29, 0.717) is 19.3 Å². The number of hydrogen-bond acceptors (Lipinski definition) is 6. The lowest BCUT2D eigenvalue weighted by Gasteiger charge is -2.18. The van der Waals surface area contributed by atoms with Gasteiger partial charge in [0, 0.05) is 19.3 Å². The SMILES string of the molecule is CCCCCCCCCCCCCC(=O)OC[C@H](COC(=O)CCCCCCCCCCCCCCCCC(C)C)OC(=O)CCCCCCCCCCCC(C)C. The summed E-state index contributed by atoms with van der Waals surface area (Å²) < 4.78 is 16.8. The number of hydrogen-bond donors (Lipinski definition) is 0. The molecule has 0 bridgehead atoms. The van der Waals surface area contributed by atoms with Gasteiger partial charge in [-0.3, -0.25) is 14.4 Å². The first-order chi connectivity index (χ1) is 28.2. The lowest BCUT2D eigenvalue weighted by atomic mass is 10.0. The number of carbonyl (C=O) groups excluding carboxylic acids is 3. The highest BCUT2D eigenvalue weighted by molar-refractivity contribution is 5.71. The van der Waals surface area contributed by atoms with Gasteiger partial charge in [0.1, 0.15) is 13.2 Å². The second kappa shape index (κ2) is 44.9. The average Bonchev–Trinajstić information content (AvgIpc) is 3.19. The molecule has 0 aliphatic rings. The normalized spacial score (nSPS) is 12.1. The molecule has 0 aromatic heterocycles. The van der Waals surface area contributed by atoms with Crippen molar-refractivity contribution < 1.29 is 28.6 Å². The summed E-state index contributed by atoms with van der Waals surface area (Å²) in [7, 11) is 0. The Kier molecular flexibility index (Phi) is 43.7. The summed E-state index contributed by atoms with van der Waals surface area (Å²) in [6.45, 7) is 11.4. The van der Waals surface area contributed by atoms with Crippen molar-refractivity contribution in [3.8, 4) is 0 Å². The fourth-order valence-electron chi connectivity index (χ4n) is 7.81. The van der Waals surface area contributed by atoms with E-state index in [2.05, 4.69) is 34.6 Å². The molecule has 0 spiro atoms. The second-order valence-electron chi connectivity index (χ2n) is 18.8. The van der Waals surface area contributed by atoms with E-state index in [1.54, 1.807) is 0 Å². The molecule has 0 rings (SSSR count). The van der Waals surface area contributed by atoms with E-state index in [1.807, 2.05) is 0 Å². The van der Waals surface area contributed by atoms with Gasteiger partial charge in [-0.05, 0) is 31.1 Å². The second-order valence-corrected chi connectivity index (χ2v) is 18.8. The molecule has 344 valence electrons. The van der Waals surface area contributed by atoms with E-state index < -0.39 is 6.10 Å². The van der Waals surface area contributed by atoms with Crippen molar-refractivity contribution in [1.82, 2.24) is 0 Å². The van der Waals surface area contributed by atoms with Crippen molar-refractivity contribution in [1.29, 1.82) is 0 Å². The molecule has 0 aliphatic carbocycles. The van der Waals surface area contributed by atoms with Crippen molar-refractivity contribution in [2.75, 3.05) is 13.2 Å². The Labute approximate surface area is 361 Å². The van der Waals surface area contributed by atoms with Crippen molar-refractivity contribution in [2.24, 2.45) is 11.8 Å². The molecule has 0 aliphatic heterocycles. The van der Waals surface area contributed by atoms with Gasteiger partial charge in [-0.1, -0.05) is 247 Å². The molecule has 1 atom stereocenters. The molecule has 6 heteroatoms. The van der Waals surface area contributed by atoms with Crippen LogP contribution in [0.25, 0.3) is 0 Å². The van der Waals surface area contributed by atoms with Crippen LogP contribution in [0.4, 0.5) is 0 Å². The van der Waals surface area contributed by atoms with Crippen LogP contribution in [0, 0.1) is 11.8 Å². The number of carbonyl (C=O) groups is 3. The van der Waals surface area contributed by atoms with Crippen molar-refractivity contribution >= 4 is 17.9 Å². The van der Waals surface area contributed by atoms with E-state index in [9.17, 15) is 14.4 Å². The third-order valence-electron chi connectivity index (χ3n) is 11.7. The zero-order valence-electron chi connectivity index (χ0n) is 39.7. The Hall–Kier alpha value is -1.59. The van der Waals surface area contributed by atoms with Gasteiger partial charge in [-0.15, -0.1) is 0 Å². The summed E-state index contributed by atoms with van der Waals surface area (Å²) >= 11 is 0. The number of rotatable bonds is 46. The molecule has 0 radical (unpaired) electrons. The van der Waals surface area contributed by atoms with Crippen LogP contribution in [-0.2, 0) is 28.6 Å².